The molecule has 1 atom stereocenters. The number of nitrogens with two attached hydrogens (primary N) is 1. The molecule has 1 aromatic heterocycles. The molecule has 1 unspecified atom stereocenters. The highest BCUT2D eigenvalue weighted by molar-refractivity contribution is 6.36. The Morgan fingerprint density at radius 3 is 2.33 bits per heavy atom. The predicted molar refractivity (Wildman–Crippen MR) is 76.3 cm³/mol. The normalized spacial score (nSPS) is 13.2. The number of aromatic nitrogens is 1. The second-order valence-corrected chi connectivity index (χ2v) is 5.29. The quantitative estimate of drug-likeness (QED) is 0.887. The predicted octanol–water partition coefficient (Wildman–Crippen LogP) is 4.65. The summed E-state index contributed by atoms with van der Waals surface area (Å²) in [6, 6.07) is 4.88. The fraction of sp³-hybridized carbons (Fsp3) is 0.214. The number of alkyl halides is 3. The van der Waals surface area contributed by atoms with Crippen LogP contribution in [0.4, 0.5) is 13.2 Å². The number of nitrogens with zero attached hydrogens (tertiary/aromatic N) is 1. The molecule has 2 N–H and O–H groups in total. The summed E-state index contributed by atoms with van der Waals surface area (Å²) >= 11 is 12.0. The van der Waals surface area contributed by atoms with Gasteiger partial charge in [-0.3, -0.25) is 4.98 Å². The van der Waals surface area contributed by atoms with Crippen molar-refractivity contribution in [3.8, 4) is 0 Å². The van der Waals surface area contributed by atoms with Gasteiger partial charge in [-0.05, 0) is 35.7 Å². The summed E-state index contributed by atoms with van der Waals surface area (Å²) < 4.78 is 38.9. The van der Waals surface area contributed by atoms with Crippen LogP contribution in [-0.4, -0.2) is 4.98 Å². The maximum Gasteiger partial charge on any atom is 0.416 e. The first kappa shape index (κ1) is 16.1. The van der Waals surface area contributed by atoms with E-state index in [0.717, 1.165) is 18.5 Å². The Kier molecular flexibility index (Phi) is 4.76. The van der Waals surface area contributed by atoms with Crippen molar-refractivity contribution < 1.29 is 13.2 Å². The van der Waals surface area contributed by atoms with E-state index in [1.807, 2.05) is 0 Å². The molecule has 0 aliphatic heterocycles. The van der Waals surface area contributed by atoms with Crippen molar-refractivity contribution in [2.75, 3.05) is 0 Å². The van der Waals surface area contributed by atoms with E-state index in [1.165, 1.54) is 0 Å². The van der Waals surface area contributed by atoms with Gasteiger partial charge in [-0.25, -0.2) is 0 Å². The van der Waals surface area contributed by atoms with Gasteiger partial charge in [0.25, 0.3) is 0 Å². The first-order chi connectivity index (χ1) is 9.80. The number of hydrogen-bond acceptors (Lipinski definition) is 2. The van der Waals surface area contributed by atoms with Crippen LogP contribution >= 0.6 is 23.2 Å². The summed E-state index contributed by atoms with van der Waals surface area (Å²) in [5.41, 5.74) is 5.54. The molecule has 0 bridgehead atoms. The standard InChI is InChI=1S/C14H11Cl2F3N2/c15-11-2-1-3-12(16)8(11)6-13(20)9-7-21-5-4-10(9)14(17,18)19/h1-5,7,13H,6,20H2. The SMILES string of the molecule is NC(Cc1c(Cl)cccc1Cl)c1cnccc1C(F)(F)F. The van der Waals surface area contributed by atoms with Crippen LogP contribution in [0.5, 0.6) is 0 Å². The van der Waals surface area contributed by atoms with Gasteiger partial charge in [0.2, 0.25) is 0 Å². The van der Waals surface area contributed by atoms with Crippen LogP contribution in [0.25, 0.3) is 0 Å². The molecular formula is C14H11Cl2F3N2. The molecule has 0 saturated heterocycles. The van der Waals surface area contributed by atoms with E-state index < -0.39 is 17.8 Å². The summed E-state index contributed by atoms with van der Waals surface area (Å²) in [5.74, 6) is 0. The van der Waals surface area contributed by atoms with E-state index in [2.05, 4.69) is 4.98 Å². The first-order valence-electron chi connectivity index (χ1n) is 6.00. The van der Waals surface area contributed by atoms with E-state index in [-0.39, 0.29) is 12.0 Å². The Bertz CT molecular complexity index is 624. The Morgan fingerprint density at radius 1 is 1.14 bits per heavy atom. The molecule has 0 fully saturated rings. The van der Waals surface area contributed by atoms with E-state index >= 15 is 0 Å². The number of pyridine rings is 1. The van der Waals surface area contributed by atoms with Gasteiger partial charge in [-0.2, -0.15) is 13.2 Å². The maximum absolute atomic E-state index is 13.0. The molecule has 2 rings (SSSR count). The summed E-state index contributed by atoms with van der Waals surface area (Å²) in [6.07, 6.45) is -2.19. The largest absolute Gasteiger partial charge is 0.416 e. The molecule has 1 aromatic carbocycles. The van der Waals surface area contributed by atoms with Crippen molar-refractivity contribution in [3.63, 3.8) is 0 Å². The van der Waals surface area contributed by atoms with Crippen molar-refractivity contribution in [1.82, 2.24) is 4.98 Å². The highest BCUT2D eigenvalue weighted by Gasteiger charge is 2.34. The molecule has 21 heavy (non-hydrogen) atoms. The first-order valence-corrected chi connectivity index (χ1v) is 6.76. The lowest BCUT2D eigenvalue weighted by atomic mass is 9.97. The molecule has 2 nitrogen and oxygen atoms in total. The van der Waals surface area contributed by atoms with Crippen LogP contribution < -0.4 is 5.73 Å². The lowest BCUT2D eigenvalue weighted by molar-refractivity contribution is -0.138. The van der Waals surface area contributed by atoms with E-state index in [0.29, 0.717) is 15.6 Å². The Balaban J connectivity index is 2.36. The zero-order valence-corrected chi connectivity index (χ0v) is 12.2. The van der Waals surface area contributed by atoms with Gasteiger partial charge in [0, 0.05) is 28.5 Å². The van der Waals surface area contributed by atoms with Crippen LogP contribution in [0.2, 0.25) is 10.0 Å². The number of hydrogen-bond donors (Lipinski definition) is 1. The fourth-order valence-corrected chi connectivity index (χ4v) is 2.57. The highest BCUT2D eigenvalue weighted by atomic mass is 35.5. The van der Waals surface area contributed by atoms with Crippen molar-refractivity contribution in [2.24, 2.45) is 5.73 Å². The topological polar surface area (TPSA) is 38.9 Å². The third-order valence-corrected chi connectivity index (χ3v) is 3.75. The molecule has 0 spiro atoms. The molecule has 0 saturated carbocycles. The van der Waals surface area contributed by atoms with Crippen LogP contribution in [0.15, 0.2) is 36.7 Å². The molecule has 0 radical (unpaired) electrons. The molecule has 2 aromatic rings. The molecule has 112 valence electrons. The third-order valence-electron chi connectivity index (χ3n) is 3.04. The van der Waals surface area contributed by atoms with Gasteiger partial charge in [-0.1, -0.05) is 29.3 Å². The molecule has 0 amide bonds. The van der Waals surface area contributed by atoms with Gasteiger partial charge in [0.1, 0.15) is 0 Å². The van der Waals surface area contributed by atoms with Gasteiger partial charge < -0.3 is 5.73 Å². The monoisotopic (exact) mass is 334 g/mol. The van der Waals surface area contributed by atoms with E-state index in [9.17, 15) is 13.2 Å². The molecular weight excluding hydrogens is 324 g/mol. The summed E-state index contributed by atoms with van der Waals surface area (Å²) in [7, 11) is 0. The Morgan fingerprint density at radius 2 is 1.76 bits per heavy atom. The minimum absolute atomic E-state index is 0.0824. The summed E-state index contributed by atoms with van der Waals surface area (Å²) in [6.45, 7) is 0. The van der Waals surface area contributed by atoms with Gasteiger partial charge >= 0.3 is 6.18 Å². The second-order valence-electron chi connectivity index (χ2n) is 4.47. The van der Waals surface area contributed by atoms with Gasteiger partial charge in [0.05, 0.1) is 5.56 Å². The lowest BCUT2D eigenvalue weighted by Gasteiger charge is -2.18. The van der Waals surface area contributed by atoms with Gasteiger partial charge in [0.15, 0.2) is 0 Å². The number of halogens is 5. The van der Waals surface area contributed by atoms with Crippen LogP contribution in [0.1, 0.15) is 22.7 Å². The molecule has 0 aliphatic rings. The zero-order valence-electron chi connectivity index (χ0n) is 10.7. The van der Waals surface area contributed by atoms with Crippen molar-refractivity contribution in [1.29, 1.82) is 0 Å². The average molecular weight is 335 g/mol. The maximum atomic E-state index is 13.0. The summed E-state index contributed by atoms with van der Waals surface area (Å²) in [5, 5.41) is 0.741. The fourth-order valence-electron chi connectivity index (χ4n) is 2.02. The minimum Gasteiger partial charge on any atom is -0.324 e. The lowest BCUT2D eigenvalue weighted by Crippen LogP contribution is -2.20. The average Bonchev–Trinajstić information content (AvgIpc) is 2.42. The number of rotatable bonds is 3. The van der Waals surface area contributed by atoms with Crippen LogP contribution in [-0.2, 0) is 12.6 Å². The summed E-state index contributed by atoms with van der Waals surface area (Å²) in [4.78, 5) is 3.72. The second kappa shape index (κ2) is 6.22. The van der Waals surface area contributed by atoms with Gasteiger partial charge in [-0.15, -0.1) is 0 Å². The van der Waals surface area contributed by atoms with Crippen LogP contribution in [0.3, 0.4) is 0 Å². The van der Waals surface area contributed by atoms with E-state index in [1.54, 1.807) is 18.2 Å². The Labute approximate surface area is 129 Å². The van der Waals surface area contributed by atoms with Crippen LogP contribution in [0, 0.1) is 0 Å². The van der Waals surface area contributed by atoms with E-state index in [4.69, 9.17) is 28.9 Å². The highest BCUT2D eigenvalue weighted by Crippen LogP contribution is 2.35. The third kappa shape index (κ3) is 3.67. The number of benzene rings is 1. The smallest absolute Gasteiger partial charge is 0.324 e. The zero-order chi connectivity index (χ0) is 15.6. The van der Waals surface area contributed by atoms with Crippen molar-refractivity contribution >= 4 is 23.2 Å². The molecule has 0 aliphatic carbocycles. The van der Waals surface area contributed by atoms with Crippen molar-refractivity contribution in [2.45, 2.75) is 18.6 Å². The Hall–Kier alpha value is -1.30. The van der Waals surface area contributed by atoms with Crippen molar-refractivity contribution in [3.05, 3.63) is 63.4 Å². The molecule has 1 heterocycles. The minimum atomic E-state index is -4.49. The molecule has 7 heteroatoms.